The van der Waals surface area contributed by atoms with Gasteiger partial charge in [0.25, 0.3) is 0 Å². The van der Waals surface area contributed by atoms with Crippen molar-refractivity contribution in [3.8, 4) is 22.8 Å². The molecular formula is C24H17ClO5. The molecule has 0 atom stereocenters. The molecule has 0 saturated heterocycles. The van der Waals surface area contributed by atoms with Crippen LogP contribution in [0.5, 0.6) is 11.5 Å². The first kappa shape index (κ1) is 19.7. The van der Waals surface area contributed by atoms with Crippen LogP contribution in [0.3, 0.4) is 0 Å². The number of carbonyl (C=O) groups is 1. The molecule has 0 unspecified atom stereocenters. The maximum absolute atomic E-state index is 13.1. The molecule has 0 fully saturated rings. The average molecular weight is 421 g/mol. The number of benzene rings is 3. The summed E-state index contributed by atoms with van der Waals surface area (Å²) in [4.78, 5) is 25.5. The van der Waals surface area contributed by atoms with Crippen LogP contribution in [-0.4, -0.2) is 12.6 Å². The van der Waals surface area contributed by atoms with Crippen molar-refractivity contribution in [2.24, 2.45) is 0 Å². The standard InChI is InChI=1S/C24H17ClO5/c1-15-7-12-19-20(13-15)29-23(16-5-3-2-4-6-16)24(22(19)27)30-21(26)14-28-18-10-8-17(25)9-11-18/h2-13H,14H2,1H3. The van der Waals surface area contributed by atoms with Crippen molar-refractivity contribution >= 4 is 28.5 Å². The normalized spacial score (nSPS) is 10.7. The molecule has 0 radical (unpaired) electrons. The topological polar surface area (TPSA) is 65.7 Å². The zero-order valence-electron chi connectivity index (χ0n) is 16.1. The molecule has 1 aromatic heterocycles. The molecule has 0 spiro atoms. The zero-order chi connectivity index (χ0) is 21.1. The van der Waals surface area contributed by atoms with Crippen LogP contribution in [0, 0.1) is 6.92 Å². The van der Waals surface area contributed by atoms with E-state index in [9.17, 15) is 9.59 Å². The van der Waals surface area contributed by atoms with E-state index in [4.69, 9.17) is 25.5 Å². The molecule has 0 N–H and O–H groups in total. The zero-order valence-corrected chi connectivity index (χ0v) is 16.8. The Morgan fingerprint density at radius 2 is 1.73 bits per heavy atom. The molecule has 3 aromatic carbocycles. The molecule has 5 nitrogen and oxygen atoms in total. The molecule has 6 heteroatoms. The molecule has 0 bridgehead atoms. The largest absolute Gasteiger partial charge is 0.482 e. The lowest BCUT2D eigenvalue weighted by atomic mass is 10.1. The first-order chi connectivity index (χ1) is 14.5. The predicted octanol–water partition coefficient (Wildman–Crippen LogP) is 5.41. The third-order valence-corrected chi connectivity index (χ3v) is 4.68. The highest BCUT2D eigenvalue weighted by molar-refractivity contribution is 6.30. The maximum atomic E-state index is 13.1. The Labute approximate surface area is 177 Å². The van der Waals surface area contributed by atoms with Gasteiger partial charge in [0.05, 0.1) is 5.39 Å². The van der Waals surface area contributed by atoms with Crippen molar-refractivity contribution in [1.29, 1.82) is 0 Å². The Bertz CT molecular complexity index is 1260. The van der Waals surface area contributed by atoms with E-state index < -0.39 is 11.4 Å². The van der Waals surface area contributed by atoms with Gasteiger partial charge in [-0.05, 0) is 48.9 Å². The van der Waals surface area contributed by atoms with Crippen LogP contribution in [0.1, 0.15) is 5.56 Å². The molecule has 150 valence electrons. The molecule has 4 aromatic rings. The van der Waals surface area contributed by atoms with Crippen LogP contribution >= 0.6 is 11.6 Å². The lowest BCUT2D eigenvalue weighted by Gasteiger charge is -2.11. The van der Waals surface area contributed by atoms with Crippen molar-refractivity contribution in [3.05, 3.63) is 93.6 Å². The van der Waals surface area contributed by atoms with Crippen LogP contribution in [0.15, 0.2) is 82.0 Å². The van der Waals surface area contributed by atoms with Gasteiger partial charge in [0, 0.05) is 10.6 Å². The van der Waals surface area contributed by atoms with Crippen LogP contribution < -0.4 is 14.9 Å². The summed E-state index contributed by atoms with van der Waals surface area (Å²) in [7, 11) is 0. The van der Waals surface area contributed by atoms with Gasteiger partial charge in [-0.2, -0.15) is 0 Å². The molecule has 0 amide bonds. The number of hydrogen-bond donors (Lipinski definition) is 0. The number of rotatable bonds is 5. The van der Waals surface area contributed by atoms with Crippen molar-refractivity contribution in [2.75, 3.05) is 6.61 Å². The van der Waals surface area contributed by atoms with E-state index in [0.29, 0.717) is 27.3 Å². The number of halogens is 1. The summed E-state index contributed by atoms with van der Waals surface area (Å²) in [6, 6.07) is 20.8. The fraction of sp³-hybridized carbons (Fsp3) is 0.0833. The highest BCUT2D eigenvalue weighted by Crippen LogP contribution is 2.31. The van der Waals surface area contributed by atoms with Gasteiger partial charge < -0.3 is 13.9 Å². The fourth-order valence-corrected chi connectivity index (χ4v) is 3.10. The number of esters is 1. The number of hydrogen-bond acceptors (Lipinski definition) is 5. The molecule has 4 rings (SSSR count). The highest BCUT2D eigenvalue weighted by atomic mass is 35.5. The summed E-state index contributed by atoms with van der Waals surface area (Å²) in [5, 5.41) is 0.892. The monoisotopic (exact) mass is 420 g/mol. The Balaban J connectivity index is 1.68. The molecule has 0 saturated carbocycles. The van der Waals surface area contributed by atoms with Crippen molar-refractivity contribution in [2.45, 2.75) is 6.92 Å². The number of aryl methyl sites for hydroxylation is 1. The fourth-order valence-electron chi connectivity index (χ4n) is 2.97. The predicted molar refractivity (Wildman–Crippen MR) is 115 cm³/mol. The summed E-state index contributed by atoms with van der Waals surface area (Å²) < 4.78 is 16.8. The Hall–Kier alpha value is -3.57. The van der Waals surface area contributed by atoms with Gasteiger partial charge in [0.2, 0.25) is 11.2 Å². The smallest absolute Gasteiger partial charge is 0.349 e. The summed E-state index contributed by atoms with van der Waals surface area (Å²) in [6.45, 7) is 1.53. The first-order valence-corrected chi connectivity index (χ1v) is 9.61. The van der Waals surface area contributed by atoms with E-state index in [-0.39, 0.29) is 18.1 Å². The van der Waals surface area contributed by atoms with E-state index in [1.165, 1.54) is 0 Å². The van der Waals surface area contributed by atoms with E-state index in [1.807, 2.05) is 25.1 Å². The quantitative estimate of drug-likeness (QED) is 0.404. The molecule has 0 aliphatic rings. The van der Waals surface area contributed by atoms with Gasteiger partial charge in [0.15, 0.2) is 12.4 Å². The SMILES string of the molecule is Cc1ccc2c(=O)c(OC(=O)COc3ccc(Cl)cc3)c(-c3ccccc3)oc2c1. The van der Waals surface area contributed by atoms with E-state index in [1.54, 1.807) is 54.6 Å². The van der Waals surface area contributed by atoms with Gasteiger partial charge in [-0.3, -0.25) is 4.79 Å². The highest BCUT2D eigenvalue weighted by Gasteiger charge is 2.20. The van der Waals surface area contributed by atoms with Crippen LogP contribution in [0.25, 0.3) is 22.3 Å². The Kier molecular flexibility index (Phi) is 5.55. The minimum Gasteiger partial charge on any atom is -0.482 e. The maximum Gasteiger partial charge on any atom is 0.349 e. The minimum absolute atomic E-state index is 0.165. The van der Waals surface area contributed by atoms with E-state index in [2.05, 4.69) is 0 Å². The van der Waals surface area contributed by atoms with Crippen molar-refractivity contribution < 1.29 is 18.7 Å². The third kappa shape index (κ3) is 4.21. The lowest BCUT2D eigenvalue weighted by Crippen LogP contribution is -2.21. The van der Waals surface area contributed by atoms with Gasteiger partial charge >= 0.3 is 5.97 Å². The Morgan fingerprint density at radius 1 is 1.00 bits per heavy atom. The number of carbonyl (C=O) groups excluding carboxylic acids is 1. The van der Waals surface area contributed by atoms with Crippen LogP contribution in [0.2, 0.25) is 5.02 Å². The molecular weight excluding hydrogens is 404 g/mol. The van der Waals surface area contributed by atoms with Gasteiger partial charge in [0.1, 0.15) is 11.3 Å². The van der Waals surface area contributed by atoms with Crippen LogP contribution in [0.4, 0.5) is 0 Å². The second kappa shape index (κ2) is 8.43. The average Bonchev–Trinajstić information content (AvgIpc) is 2.75. The summed E-state index contributed by atoms with van der Waals surface area (Å²) in [5.74, 6) is -0.234. The second-order valence-electron chi connectivity index (χ2n) is 6.67. The van der Waals surface area contributed by atoms with E-state index in [0.717, 1.165) is 5.56 Å². The summed E-state index contributed by atoms with van der Waals surface area (Å²) in [6.07, 6.45) is 0. The summed E-state index contributed by atoms with van der Waals surface area (Å²) in [5.41, 5.74) is 1.58. The minimum atomic E-state index is -0.721. The molecule has 1 heterocycles. The lowest BCUT2D eigenvalue weighted by molar-refractivity contribution is -0.136. The molecule has 30 heavy (non-hydrogen) atoms. The Morgan fingerprint density at radius 3 is 2.47 bits per heavy atom. The molecule has 0 aliphatic heterocycles. The first-order valence-electron chi connectivity index (χ1n) is 9.23. The summed E-state index contributed by atoms with van der Waals surface area (Å²) >= 11 is 5.84. The molecule has 0 aliphatic carbocycles. The van der Waals surface area contributed by atoms with Crippen LogP contribution in [-0.2, 0) is 4.79 Å². The number of fused-ring (bicyclic) bond motifs is 1. The second-order valence-corrected chi connectivity index (χ2v) is 7.11. The third-order valence-electron chi connectivity index (χ3n) is 4.43. The van der Waals surface area contributed by atoms with Gasteiger partial charge in [-0.1, -0.05) is 48.0 Å². The van der Waals surface area contributed by atoms with Gasteiger partial charge in [-0.15, -0.1) is 0 Å². The van der Waals surface area contributed by atoms with Crippen molar-refractivity contribution in [3.63, 3.8) is 0 Å². The van der Waals surface area contributed by atoms with Gasteiger partial charge in [-0.25, -0.2) is 4.79 Å². The number of ether oxygens (including phenoxy) is 2. The van der Waals surface area contributed by atoms with Crippen molar-refractivity contribution in [1.82, 2.24) is 0 Å². The van der Waals surface area contributed by atoms with E-state index >= 15 is 0 Å².